The first-order chi connectivity index (χ1) is 6.55. The zero-order valence-corrected chi connectivity index (χ0v) is 8.57. The number of hydrogen-bond acceptors (Lipinski definition) is 3. The zero-order chi connectivity index (χ0) is 10.6. The highest BCUT2D eigenvalue weighted by atomic mass is 15.1. The maximum absolute atomic E-state index is 8.79. The molecule has 2 N–H and O–H groups in total. The Morgan fingerprint density at radius 2 is 2.00 bits per heavy atom. The van der Waals surface area contributed by atoms with Crippen molar-refractivity contribution >= 4 is 5.69 Å². The molecule has 3 nitrogen and oxygen atoms in total. The first-order valence-corrected chi connectivity index (χ1v) is 4.51. The van der Waals surface area contributed by atoms with E-state index < -0.39 is 5.54 Å². The van der Waals surface area contributed by atoms with E-state index in [9.17, 15) is 0 Å². The molecule has 1 rings (SSSR count). The van der Waals surface area contributed by atoms with Gasteiger partial charge in [0.25, 0.3) is 0 Å². The number of anilines is 1. The lowest BCUT2D eigenvalue weighted by atomic mass is 10.1. The van der Waals surface area contributed by atoms with Gasteiger partial charge in [0, 0.05) is 19.3 Å². The van der Waals surface area contributed by atoms with Gasteiger partial charge in [0.1, 0.15) is 5.54 Å². The summed E-state index contributed by atoms with van der Waals surface area (Å²) < 4.78 is 0. The van der Waals surface area contributed by atoms with Gasteiger partial charge < -0.3 is 10.6 Å². The summed E-state index contributed by atoms with van der Waals surface area (Å²) >= 11 is 0. The molecule has 0 aromatic heterocycles. The second kappa shape index (κ2) is 4.12. The normalized spacial score (nSPS) is 14.1. The van der Waals surface area contributed by atoms with Crippen LogP contribution in [-0.2, 0) is 0 Å². The fraction of sp³-hybridized carbons (Fsp3) is 0.364. The third-order valence-corrected chi connectivity index (χ3v) is 2.02. The van der Waals surface area contributed by atoms with Crippen LogP contribution in [0, 0.1) is 11.3 Å². The molecule has 0 radical (unpaired) electrons. The molecule has 0 saturated carbocycles. The number of para-hydroxylation sites is 1. The van der Waals surface area contributed by atoms with E-state index in [-0.39, 0.29) is 0 Å². The number of benzene rings is 1. The SMILES string of the molecule is CN(CC(C)(N)C#N)c1ccccc1. The Balaban J connectivity index is 2.70. The Kier molecular flexibility index (Phi) is 3.10. The summed E-state index contributed by atoms with van der Waals surface area (Å²) in [6, 6.07) is 12.0. The van der Waals surface area contributed by atoms with Gasteiger partial charge in [-0.05, 0) is 19.1 Å². The van der Waals surface area contributed by atoms with Crippen molar-refractivity contribution in [2.45, 2.75) is 12.5 Å². The highest BCUT2D eigenvalue weighted by molar-refractivity contribution is 5.45. The van der Waals surface area contributed by atoms with Gasteiger partial charge in [0.05, 0.1) is 6.07 Å². The minimum Gasteiger partial charge on any atom is -0.372 e. The fourth-order valence-electron chi connectivity index (χ4n) is 1.30. The molecule has 0 aliphatic heterocycles. The summed E-state index contributed by atoms with van der Waals surface area (Å²) in [7, 11) is 1.93. The topological polar surface area (TPSA) is 53.0 Å². The number of nitrogens with two attached hydrogens (primary N) is 1. The molecule has 1 unspecified atom stereocenters. The standard InChI is InChI=1S/C11H15N3/c1-11(13,8-12)9-14(2)10-6-4-3-5-7-10/h3-7H,9,13H2,1-2H3. The van der Waals surface area contributed by atoms with Gasteiger partial charge in [0.2, 0.25) is 0 Å². The van der Waals surface area contributed by atoms with Crippen LogP contribution in [0.25, 0.3) is 0 Å². The van der Waals surface area contributed by atoms with Crippen molar-refractivity contribution in [2.24, 2.45) is 5.73 Å². The second-order valence-electron chi connectivity index (χ2n) is 3.72. The van der Waals surface area contributed by atoms with Crippen LogP contribution in [0.4, 0.5) is 5.69 Å². The van der Waals surface area contributed by atoms with E-state index >= 15 is 0 Å². The van der Waals surface area contributed by atoms with Crippen molar-refractivity contribution in [3.63, 3.8) is 0 Å². The minimum atomic E-state index is -0.801. The lowest BCUT2D eigenvalue weighted by Crippen LogP contribution is -2.45. The van der Waals surface area contributed by atoms with E-state index in [4.69, 9.17) is 11.0 Å². The van der Waals surface area contributed by atoms with Gasteiger partial charge >= 0.3 is 0 Å². The molecular formula is C11H15N3. The molecule has 0 bridgehead atoms. The summed E-state index contributed by atoms with van der Waals surface area (Å²) in [6.45, 7) is 2.25. The second-order valence-corrected chi connectivity index (χ2v) is 3.72. The Morgan fingerprint density at radius 1 is 1.43 bits per heavy atom. The first kappa shape index (κ1) is 10.6. The summed E-state index contributed by atoms with van der Waals surface area (Å²) in [5.74, 6) is 0. The quantitative estimate of drug-likeness (QED) is 0.781. The Bertz CT molecular complexity index is 324. The molecule has 3 heteroatoms. The molecule has 0 spiro atoms. The molecule has 0 heterocycles. The summed E-state index contributed by atoms with van der Waals surface area (Å²) in [4.78, 5) is 1.98. The molecule has 1 aromatic rings. The zero-order valence-electron chi connectivity index (χ0n) is 8.57. The van der Waals surface area contributed by atoms with Crippen molar-refractivity contribution < 1.29 is 0 Å². The van der Waals surface area contributed by atoms with Crippen LogP contribution >= 0.6 is 0 Å². The van der Waals surface area contributed by atoms with E-state index in [0.29, 0.717) is 6.54 Å². The van der Waals surface area contributed by atoms with Crippen molar-refractivity contribution in [2.75, 3.05) is 18.5 Å². The molecule has 1 aromatic carbocycles. The average Bonchev–Trinajstić information content (AvgIpc) is 2.19. The molecule has 74 valence electrons. The number of likely N-dealkylation sites (N-methyl/N-ethyl adjacent to an activating group) is 1. The van der Waals surface area contributed by atoms with Crippen molar-refractivity contribution in [3.8, 4) is 6.07 Å². The predicted molar refractivity (Wildman–Crippen MR) is 57.9 cm³/mol. The van der Waals surface area contributed by atoms with Gasteiger partial charge in [-0.1, -0.05) is 18.2 Å². The van der Waals surface area contributed by atoms with Crippen LogP contribution in [0.5, 0.6) is 0 Å². The van der Waals surface area contributed by atoms with Crippen LogP contribution in [0.15, 0.2) is 30.3 Å². The Morgan fingerprint density at radius 3 is 2.50 bits per heavy atom. The molecule has 1 atom stereocenters. The highest BCUT2D eigenvalue weighted by Gasteiger charge is 2.19. The molecule has 0 aliphatic rings. The van der Waals surface area contributed by atoms with Gasteiger partial charge in [-0.15, -0.1) is 0 Å². The number of rotatable bonds is 3. The minimum absolute atomic E-state index is 0.521. The largest absolute Gasteiger partial charge is 0.372 e. The predicted octanol–water partition coefficient (Wildman–Crippen LogP) is 1.36. The molecule has 0 fully saturated rings. The van der Waals surface area contributed by atoms with Gasteiger partial charge in [-0.3, -0.25) is 0 Å². The number of nitrogens with zero attached hydrogens (tertiary/aromatic N) is 2. The van der Waals surface area contributed by atoms with Gasteiger partial charge in [-0.2, -0.15) is 5.26 Å². The molecule has 14 heavy (non-hydrogen) atoms. The fourth-order valence-corrected chi connectivity index (χ4v) is 1.30. The van der Waals surface area contributed by atoms with Crippen molar-refractivity contribution in [3.05, 3.63) is 30.3 Å². The maximum atomic E-state index is 8.79. The van der Waals surface area contributed by atoms with Crippen LogP contribution in [0.3, 0.4) is 0 Å². The van der Waals surface area contributed by atoms with E-state index in [1.54, 1.807) is 6.92 Å². The smallest absolute Gasteiger partial charge is 0.119 e. The van der Waals surface area contributed by atoms with E-state index in [1.165, 1.54) is 0 Å². The molecular weight excluding hydrogens is 174 g/mol. The molecule has 0 amide bonds. The summed E-state index contributed by atoms with van der Waals surface area (Å²) in [5, 5.41) is 8.79. The lowest BCUT2D eigenvalue weighted by molar-refractivity contribution is 0.593. The Labute approximate surface area is 84.7 Å². The van der Waals surface area contributed by atoms with Gasteiger partial charge in [-0.25, -0.2) is 0 Å². The third kappa shape index (κ3) is 2.75. The van der Waals surface area contributed by atoms with E-state index in [2.05, 4.69) is 6.07 Å². The van der Waals surface area contributed by atoms with Gasteiger partial charge in [0.15, 0.2) is 0 Å². The lowest BCUT2D eigenvalue weighted by Gasteiger charge is -2.25. The number of nitriles is 1. The molecule has 0 aliphatic carbocycles. The number of hydrogen-bond donors (Lipinski definition) is 1. The first-order valence-electron chi connectivity index (χ1n) is 4.51. The highest BCUT2D eigenvalue weighted by Crippen LogP contribution is 2.13. The van der Waals surface area contributed by atoms with E-state index in [0.717, 1.165) is 5.69 Å². The van der Waals surface area contributed by atoms with Crippen LogP contribution in [-0.4, -0.2) is 19.1 Å². The monoisotopic (exact) mass is 189 g/mol. The maximum Gasteiger partial charge on any atom is 0.119 e. The van der Waals surface area contributed by atoms with Crippen LogP contribution < -0.4 is 10.6 Å². The molecule has 0 saturated heterocycles. The third-order valence-electron chi connectivity index (χ3n) is 2.02. The van der Waals surface area contributed by atoms with Crippen LogP contribution in [0.1, 0.15) is 6.92 Å². The average molecular weight is 189 g/mol. The summed E-state index contributed by atoms with van der Waals surface area (Å²) in [6.07, 6.45) is 0. The van der Waals surface area contributed by atoms with Crippen LogP contribution in [0.2, 0.25) is 0 Å². The van der Waals surface area contributed by atoms with Crippen molar-refractivity contribution in [1.82, 2.24) is 0 Å². The van der Waals surface area contributed by atoms with Crippen molar-refractivity contribution in [1.29, 1.82) is 5.26 Å². The van der Waals surface area contributed by atoms with E-state index in [1.807, 2.05) is 42.3 Å². The summed E-state index contributed by atoms with van der Waals surface area (Å²) in [5.41, 5.74) is 6.02. The Hall–Kier alpha value is -1.53.